The fourth-order valence-electron chi connectivity index (χ4n) is 3.05. The van der Waals surface area contributed by atoms with Gasteiger partial charge in [-0.2, -0.15) is 0 Å². The lowest BCUT2D eigenvalue weighted by Crippen LogP contribution is -2.38. The van der Waals surface area contributed by atoms with Crippen LogP contribution in [0.15, 0.2) is 46.9 Å². The van der Waals surface area contributed by atoms with Gasteiger partial charge in [-0.1, -0.05) is 35.8 Å². The Morgan fingerprint density at radius 3 is 2.68 bits per heavy atom. The van der Waals surface area contributed by atoms with Crippen LogP contribution in [0.25, 0.3) is 0 Å². The first kappa shape index (κ1) is 17.7. The third-order valence-electron chi connectivity index (χ3n) is 4.30. The van der Waals surface area contributed by atoms with E-state index in [-0.39, 0.29) is 17.7 Å². The van der Waals surface area contributed by atoms with Gasteiger partial charge >= 0.3 is 0 Å². The fourth-order valence-corrected chi connectivity index (χ4v) is 3.45. The molecular weight excluding hydrogens is 380 g/mol. The highest BCUT2D eigenvalue weighted by molar-refractivity contribution is 9.10. The molecule has 0 radical (unpaired) electrons. The molecule has 0 atom stereocenters. The highest BCUT2D eigenvalue weighted by Gasteiger charge is 2.24. The summed E-state index contributed by atoms with van der Waals surface area (Å²) >= 11 is 3.38. The smallest absolute Gasteiger partial charge is 0.255 e. The molecule has 3 rings (SSSR count). The van der Waals surface area contributed by atoms with Gasteiger partial charge in [-0.25, -0.2) is 0 Å². The predicted octanol–water partition coefficient (Wildman–Crippen LogP) is 4.64. The number of anilines is 2. The highest BCUT2D eigenvalue weighted by atomic mass is 79.9. The van der Waals surface area contributed by atoms with Crippen molar-refractivity contribution in [3.63, 3.8) is 0 Å². The molecule has 0 saturated carbocycles. The first-order valence-electron chi connectivity index (χ1n) is 8.47. The number of hydrogen-bond acceptors (Lipinski definition) is 2. The molecule has 0 aromatic heterocycles. The number of hydrogen-bond donors (Lipinski definition) is 1. The zero-order valence-corrected chi connectivity index (χ0v) is 16.0. The van der Waals surface area contributed by atoms with Crippen LogP contribution in [0.4, 0.5) is 11.4 Å². The van der Waals surface area contributed by atoms with Crippen molar-refractivity contribution in [2.45, 2.75) is 26.7 Å². The average Bonchev–Trinajstić information content (AvgIpc) is 2.60. The van der Waals surface area contributed by atoms with Crippen LogP contribution >= 0.6 is 15.9 Å². The van der Waals surface area contributed by atoms with Gasteiger partial charge in [-0.3, -0.25) is 9.59 Å². The molecule has 130 valence electrons. The molecule has 1 aliphatic rings. The maximum atomic E-state index is 12.4. The summed E-state index contributed by atoms with van der Waals surface area (Å²) in [6.45, 7) is 4.60. The van der Waals surface area contributed by atoms with Crippen molar-refractivity contribution in [2.24, 2.45) is 5.92 Å². The summed E-state index contributed by atoms with van der Waals surface area (Å²) in [4.78, 5) is 26.7. The van der Waals surface area contributed by atoms with E-state index in [2.05, 4.69) is 21.2 Å². The van der Waals surface area contributed by atoms with Gasteiger partial charge in [0.1, 0.15) is 0 Å². The second kappa shape index (κ2) is 7.40. The summed E-state index contributed by atoms with van der Waals surface area (Å²) in [5.41, 5.74) is 3.42. The van der Waals surface area contributed by atoms with Crippen LogP contribution in [0, 0.1) is 5.92 Å². The molecule has 0 spiro atoms. The third kappa shape index (κ3) is 3.93. The standard InChI is InChI=1S/C20H21BrN2O2/c1-13(2)20(25)23-10-4-6-14-12-17(8-9-18(14)23)22-19(24)15-5-3-7-16(21)11-15/h3,5,7-9,11-13H,4,6,10H2,1-2H3,(H,22,24). The van der Waals surface area contributed by atoms with E-state index < -0.39 is 0 Å². The van der Waals surface area contributed by atoms with E-state index in [1.807, 2.05) is 49.1 Å². The highest BCUT2D eigenvalue weighted by Crippen LogP contribution is 2.31. The van der Waals surface area contributed by atoms with Gasteiger partial charge in [-0.15, -0.1) is 0 Å². The summed E-state index contributed by atoms with van der Waals surface area (Å²) in [5.74, 6) is -0.0269. The van der Waals surface area contributed by atoms with Crippen molar-refractivity contribution in [3.05, 3.63) is 58.1 Å². The van der Waals surface area contributed by atoms with Gasteiger partial charge in [0.05, 0.1) is 0 Å². The zero-order valence-electron chi connectivity index (χ0n) is 14.4. The molecule has 0 fully saturated rings. The van der Waals surface area contributed by atoms with E-state index in [9.17, 15) is 9.59 Å². The van der Waals surface area contributed by atoms with Gasteiger partial charge in [0.2, 0.25) is 5.91 Å². The molecule has 25 heavy (non-hydrogen) atoms. The minimum atomic E-state index is -0.146. The number of carbonyl (C=O) groups is 2. The summed E-state index contributed by atoms with van der Waals surface area (Å²) in [7, 11) is 0. The zero-order chi connectivity index (χ0) is 18.0. The largest absolute Gasteiger partial charge is 0.322 e. The molecule has 2 aromatic carbocycles. The SMILES string of the molecule is CC(C)C(=O)N1CCCc2cc(NC(=O)c3cccc(Br)c3)ccc21. The van der Waals surface area contributed by atoms with E-state index in [0.717, 1.165) is 40.8 Å². The van der Waals surface area contributed by atoms with Crippen molar-refractivity contribution in [2.75, 3.05) is 16.8 Å². The van der Waals surface area contributed by atoms with Crippen molar-refractivity contribution in [3.8, 4) is 0 Å². The molecule has 5 heteroatoms. The molecule has 1 aliphatic heterocycles. The number of aryl methyl sites for hydroxylation is 1. The summed E-state index contributed by atoms with van der Waals surface area (Å²) < 4.78 is 0.869. The normalized spacial score (nSPS) is 13.5. The van der Waals surface area contributed by atoms with Gasteiger partial charge in [0.15, 0.2) is 0 Å². The minimum absolute atomic E-state index is 0.0261. The Morgan fingerprint density at radius 2 is 1.96 bits per heavy atom. The molecule has 1 N–H and O–H groups in total. The van der Waals surface area contributed by atoms with Gasteiger partial charge in [-0.05, 0) is 54.8 Å². The summed E-state index contributed by atoms with van der Waals surface area (Å²) in [5, 5.41) is 2.94. The van der Waals surface area contributed by atoms with Gasteiger partial charge in [0.25, 0.3) is 5.91 Å². The van der Waals surface area contributed by atoms with Crippen molar-refractivity contribution >= 4 is 39.1 Å². The Hall–Kier alpha value is -2.14. The van der Waals surface area contributed by atoms with Gasteiger partial charge < -0.3 is 10.2 Å². The van der Waals surface area contributed by atoms with Crippen molar-refractivity contribution in [1.29, 1.82) is 0 Å². The maximum absolute atomic E-state index is 12.4. The lowest BCUT2D eigenvalue weighted by Gasteiger charge is -2.31. The quantitative estimate of drug-likeness (QED) is 0.815. The number of halogens is 1. The Labute approximate surface area is 156 Å². The summed E-state index contributed by atoms with van der Waals surface area (Å²) in [6.07, 6.45) is 1.85. The van der Waals surface area contributed by atoms with Crippen LogP contribution in [0.3, 0.4) is 0 Å². The lowest BCUT2D eigenvalue weighted by molar-refractivity contribution is -0.121. The molecule has 0 saturated heterocycles. The van der Waals surface area contributed by atoms with E-state index in [1.54, 1.807) is 12.1 Å². The minimum Gasteiger partial charge on any atom is -0.322 e. The number of amides is 2. The molecule has 0 unspecified atom stereocenters. The predicted molar refractivity (Wildman–Crippen MR) is 104 cm³/mol. The number of rotatable bonds is 3. The molecule has 1 heterocycles. The molecule has 0 bridgehead atoms. The average molecular weight is 401 g/mol. The molecule has 2 aromatic rings. The molecule has 2 amide bonds. The van der Waals surface area contributed by atoms with Crippen LogP contribution < -0.4 is 10.2 Å². The Bertz CT molecular complexity index is 817. The van der Waals surface area contributed by atoms with E-state index in [0.29, 0.717) is 5.56 Å². The first-order chi connectivity index (χ1) is 12.0. The van der Waals surface area contributed by atoms with Crippen LogP contribution in [0.1, 0.15) is 36.2 Å². The van der Waals surface area contributed by atoms with Crippen molar-refractivity contribution in [1.82, 2.24) is 0 Å². The summed E-state index contributed by atoms with van der Waals surface area (Å²) in [6, 6.07) is 13.1. The monoisotopic (exact) mass is 400 g/mol. The lowest BCUT2D eigenvalue weighted by atomic mass is 9.99. The van der Waals surface area contributed by atoms with Crippen LogP contribution in [-0.2, 0) is 11.2 Å². The van der Waals surface area contributed by atoms with E-state index >= 15 is 0 Å². The molecule has 4 nitrogen and oxygen atoms in total. The Morgan fingerprint density at radius 1 is 1.16 bits per heavy atom. The topological polar surface area (TPSA) is 49.4 Å². The number of fused-ring (bicyclic) bond motifs is 1. The second-order valence-electron chi connectivity index (χ2n) is 6.56. The maximum Gasteiger partial charge on any atom is 0.255 e. The van der Waals surface area contributed by atoms with Crippen molar-refractivity contribution < 1.29 is 9.59 Å². The van der Waals surface area contributed by atoms with Gasteiger partial charge in [0, 0.05) is 33.9 Å². The number of carbonyl (C=O) groups excluding carboxylic acids is 2. The van der Waals surface area contributed by atoms with Crippen LogP contribution in [0.5, 0.6) is 0 Å². The van der Waals surface area contributed by atoms with E-state index in [4.69, 9.17) is 0 Å². The fraction of sp³-hybridized carbons (Fsp3) is 0.300. The van der Waals surface area contributed by atoms with Crippen LogP contribution in [-0.4, -0.2) is 18.4 Å². The Kier molecular flexibility index (Phi) is 5.23. The number of benzene rings is 2. The number of nitrogens with zero attached hydrogens (tertiary/aromatic N) is 1. The molecular formula is C20H21BrN2O2. The second-order valence-corrected chi connectivity index (χ2v) is 7.47. The molecule has 0 aliphatic carbocycles. The van der Waals surface area contributed by atoms with E-state index in [1.165, 1.54) is 0 Å². The van der Waals surface area contributed by atoms with Crippen LogP contribution in [0.2, 0.25) is 0 Å². The third-order valence-corrected chi connectivity index (χ3v) is 4.80. The first-order valence-corrected chi connectivity index (χ1v) is 9.26. The number of nitrogens with one attached hydrogen (secondary N) is 1. The Balaban J connectivity index is 1.81.